The summed E-state index contributed by atoms with van der Waals surface area (Å²) < 4.78 is 13.5. The maximum atomic E-state index is 13.5. The van der Waals surface area contributed by atoms with Gasteiger partial charge in [0.25, 0.3) is 0 Å². The van der Waals surface area contributed by atoms with Gasteiger partial charge in [-0.05, 0) is 53.8 Å². The number of amides is 3. The maximum absolute atomic E-state index is 13.5. The number of hydrogen-bond acceptors (Lipinski definition) is 4. The van der Waals surface area contributed by atoms with Crippen LogP contribution >= 0.6 is 0 Å². The number of halogens is 1. The number of carbonyl (C=O) groups is 2. The van der Waals surface area contributed by atoms with Gasteiger partial charge in [0.1, 0.15) is 12.4 Å². The van der Waals surface area contributed by atoms with Gasteiger partial charge in [-0.1, -0.05) is 6.08 Å². The van der Waals surface area contributed by atoms with Crippen LogP contribution in [-0.2, 0) is 11.3 Å². The van der Waals surface area contributed by atoms with Crippen molar-refractivity contribution in [3.8, 4) is 0 Å². The van der Waals surface area contributed by atoms with Crippen LogP contribution in [-0.4, -0.2) is 51.1 Å². The van der Waals surface area contributed by atoms with E-state index < -0.39 is 0 Å². The first-order valence-corrected chi connectivity index (χ1v) is 9.22. The van der Waals surface area contributed by atoms with E-state index >= 15 is 0 Å². The highest BCUT2D eigenvalue weighted by molar-refractivity contribution is 5.95. The van der Waals surface area contributed by atoms with Crippen LogP contribution in [0.25, 0.3) is 5.57 Å². The van der Waals surface area contributed by atoms with Gasteiger partial charge in [-0.25, -0.2) is 9.18 Å². The van der Waals surface area contributed by atoms with E-state index in [1.807, 2.05) is 17.0 Å². The van der Waals surface area contributed by atoms with E-state index in [4.69, 9.17) is 0 Å². The molecule has 2 bridgehead atoms. The molecule has 0 saturated carbocycles. The molecule has 1 aromatic carbocycles. The van der Waals surface area contributed by atoms with Crippen molar-refractivity contribution in [3.05, 3.63) is 59.7 Å². The molecule has 0 spiro atoms. The van der Waals surface area contributed by atoms with E-state index in [1.54, 1.807) is 12.3 Å². The molecule has 2 aromatic rings. The highest BCUT2D eigenvalue weighted by atomic mass is 19.1. The molecule has 1 fully saturated rings. The van der Waals surface area contributed by atoms with Crippen LogP contribution in [0.4, 0.5) is 14.9 Å². The van der Waals surface area contributed by atoms with Crippen molar-refractivity contribution < 1.29 is 14.0 Å². The summed E-state index contributed by atoms with van der Waals surface area (Å²) in [5.41, 5.74) is 3.06. The number of nitrogens with one attached hydrogen (secondary N) is 1. The Morgan fingerprint density at radius 2 is 2.21 bits per heavy atom. The van der Waals surface area contributed by atoms with Crippen LogP contribution in [0.5, 0.6) is 0 Å². The van der Waals surface area contributed by atoms with Gasteiger partial charge in [-0.15, -0.1) is 0 Å². The molecule has 1 saturated heterocycles. The van der Waals surface area contributed by atoms with E-state index in [1.165, 1.54) is 17.0 Å². The number of nitrogens with zero attached hydrogens (tertiary/aromatic N) is 4. The van der Waals surface area contributed by atoms with Gasteiger partial charge in [0, 0.05) is 18.4 Å². The Balaban J connectivity index is 1.32. The number of aromatic nitrogens is 2. The SMILES string of the molecule is O=C1Nc2ccc(F)cc2CN1CC(=O)N1CC2C=C(c3cccnn3)C1C2. The van der Waals surface area contributed by atoms with Crippen molar-refractivity contribution in [2.45, 2.75) is 19.0 Å². The van der Waals surface area contributed by atoms with Crippen LogP contribution in [0.1, 0.15) is 17.7 Å². The number of carbonyl (C=O) groups excluding carboxylic acids is 2. The standard InChI is InChI=1S/C20H18FN5O2/c21-14-3-4-16-13(8-14)10-25(20(28)23-16)11-19(27)26-9-12-6-15(18(26)7-12)17-2-1-5-22-24-17/h1-6,8,12,18H,7,9-11H2,(H,23,28). The third kappa shape index (κ3) is 2.81. The normalized spacial score (nSPS) is 22.8. The minimum atomic E-state index is -0.364. The molecule has 2 atom stereocenters. The highest BCUT2D eigenvalue weighted by Gasteiger charge is 2.43. The van der Waals surface area contributed by atoms with Gasteiger partial charge in [0.2, 0.25) is 5.91 Å². The number of anilines is 1. The largest absolute Gasteiger partial charge is 0.333 e. The first kappa shape index (κ1) is 16.9. The van der Waals surface area contributed by atoms with E-state index in [9.17, 15) is 14.0 Å². The number of benzene rings is 1. The van der Waals surface area contributed by atoms with Crippen LogP contribution in [0.15, 0.2) is 42.6 Å². The van der Waals surface area contributed by atoms with Crippen molar-refractivity contribution in [1.29, 1.82) is 0 Å². The van der Waals surface area contributed by atoms with Crippen LogP contribution in [0.2, 0.25) is 0 Å². The Morgan fingerprint density at radius 1 is 1.32 bits per heavy atom. The average molecular weight is 379 g/mol. The summed E-state index contributed by atoms with van der Waals surface area (Å²) in [4.78, 5) is 28.6. The smallest absolute Gasteiger partial charge is 0.322 e. The van der Waals surface area contributed by atoms with E-state index in [0.29, 0.717) is 23.7 Å². The summed E-state index contributed by atoms with van der Waals surface area (Å²) in [6, 6.07) is 7.58. The van der Waals surface area contributed by atoms with Crippen LogP contribution in [0.3, 0.4) is 0 Å². The minimum absolute atomic E-state index is 0.0354. The van der Waals surface area contributed by atoms with Gasteiger partial charge in [0.15, 0.2) is 0 Å². The first-order chi connectivity index (χ1) is 13.6. The fourth-order valence-corrected chi connectivity index (χ4v) is 4.30. The highest BCUT2D eigenvalue weighted by Crippen LogP contribution is 2.41. The fourth-order valence-electron chi connectivity index (χ4n) is 4.30. The summed E-state index contributed by atoms with van der Waals surface area (Å²) in [5.74, 6) is -0.176. The lowest BCUT2D eigenvalue weighted by Crippen LogP contribution is -2.48. The molecule has 3 heterocycles. The van der Waals surface area contributed by atoms with Crippen LogP contribution < -0.4 is 5.32 Å². The van der Waals surface area contributed by atoms with Crippen molar-refractivity contribution in [1.82, 2.24) is 20.0 Å². The van der Waals surface area contributed by atoms with Crippen molar-refractivity contribution in [2.24, 2.45) is 5.92 Å². The topological polar surface area (TPSA) is 78.4 Å². The molecular weight excluding hydrogens is 361 g/mol. The lowest BCUT2D eigenvalue weighted by atomic mass is 10.1. The molecule has 7 nitrogen and oxygen atoms in total. The monoisotopic (exact) mass is 379 g/mol. The molecule has 5 rings (SSSR count). The molecule has 142 valence electrons. The predicted molar refractivity (Wildman–Crippen MR) is 99.4 cm³/mol. The maximum Gasteiger partial charge on any atom is 0.322 e. The van der Waals surface area contributed by atoms with Crippen LogP contribution in [0, 0.1) is 11.7 Å². The van der Waals surface area contributed by atoms with E-state index in [0.717, 1.165) is 17.7 Å². The van der Waals surface area contributed by atoms with E-state index in [2.05, 4.69) is 21.6 Å². The Morgan fingerprint density at radius 3 is 3.00 bits per heavy atom. The second kappa shape index (κ2) is 6.40. The molecule has 3 aliphatic rings. The summed E-state index contributed by atoms with van der Waals surface area (Å²) in [6.45, 7) is 0.812. The van der Waals surface area contributed by atoms with Gasteiger partial charge in [-0.2, -0.15) is 10.2 Å². The Bertz CT molecular complexity index is 993. The molecule has 1 N–H and O–H groups in total. The molecule has 3 amide bonds. The third-order valence-electron chi connectivity index (χ3n) is 5.58. The molecule has 2 aliphatic heterocycles. The zero-order chi connectivity index (χ0) is 19.3. The Kier molecular flexibility index (Phi) is 3.85. The fraction of sp³-hybridized carbons (Fsp3) is 0.300. The predicted octanol–water partition coefficient (Wildman–Crippen LogP) is 2.28. The quantitative estimate of drug-likeness (QED) is 0.888. The zero-order valence-corrected chi connectivity index (χ0v) is 15.0. The summed E-state index contributed by atoms with van der Waals surface area (Å²) in [6.07, 6.45) is 4.67. The second-order valence-electron chi connectivity index (χ2n) is 7.38. The number of likely N-dealkylation sites (tertiary alicyclic amines) is 1. The minimum Gasteiger partial charge on any atom is -0.333 e. The van der Waals surface area contributed by atoms with Crippen molar-refractivity contribution in [2.75, 3.05) is 18.4 Å². The first-order valence-electron chi connectivity index (χ1n) is 9.22. The molecular formula is C20H18FN5O2. The van der Waals surface area contributed by atoms with Gasteiger partial charge in [0.05, 0.1) is 18.3 Å². The Hall–Kier alpha value is -3.29. The summed E-state index contributed by atoms with van der Waals surface area (Å²) in [7, 11) is 0. The van der Waals surface area contributed by atoms with Gasteiger partial charge < -0.3 is 15.1 Å². The number of urea groups is 1. The van der Waals surface area contributed by atoms with Gasteiger partial charge in [-0.3, -0.25) is 4.79 Å². The Labute approximate surface area is 160 Å². The average Bonchev–Trinajstić information content (AvgIpc) is 3.31. The molecule has 1 aliphatic carbocycles. The third-order valence-corrected chi connectivity index (χ3v) is 5.58. The van der Waals surface area contributed by atoms with E-state index in [-0.39, 0.29) is 36.9 Å². The zero-order valence-electron chi connectivity index (χ0n) is 15.0. The van der Waals surface area contributed by atoms with Crippen molar-refractivity contribution in [3.63, 3.8) is 0 Å². The molecule has 8 heteroatoms. The number of rotatable bonds is 3. The summed E-state index contributed by atoms with van der Waals surface area (Å²) in [5, 5.41) is 10.8. The lowest BCUT2D eigenvalue weighted by molar-refractivity contribution is -0.132. The molecule has 2 unspecified atom stereocenters. The molecule has 0 radical (unpaired) electrons. The molecule has 28 heavy (non-hydrogen) atoms. The summed E-state index contributed by atoms with van der Waals surface area (Å²) >= 11 is 0. The van der Waals surface area contributed by atoms with Gasteiger partial charge >= 0.3 is 6.03 Å². The van der Waals surface area contributed by atoms with Crippen molar-refractivity contribution >= 4 is 23.2 Å². The number of hydrogen-bond donors (Lipinski definition) is 1. The number of fused-ring (bicyclic) bond motifs is 3. The molecule has 1 aromatic heterocycles. The second-order valence-corrected chi connectivity index (χ2v) is 7.38. The lowest BCUT2D eigenvalue weighted by Gasteiger charge is -2.33.